The Labute approximate surface area is 130 Å². The van der Waals surface area contributed by atoms with Gasteiger partial charge in [0.25, 0.3) is 0 Å². The molecule has 0 bridgehead atoms. The van der Waals surface area contributed by atoms with Crippen molar-refractivity contribution >= 4 is 0 Å². The number of benzene rings is 1. The SMILES string of the molecule is CCC1CN(Cc2ccc(C(C)C)cc2)C(C)(CC)CN1. The van der Waals surface area contributed by atoms with Crippen LogP contribution in [0.3, 0.4) is 0 Å². The summed E-state index contributed by atoms with van der Waals surface area (Å²) in [6, 6.07) is 9.86. The van der Waals surface area contributed by atoms with E-state index in [1.807, 2.05) is 0 Å². The molecule has 0 amide bonds. The molecule has 1 N–H and O–H groups in total. The summed E-state index contributed by atoms with van der Waals surface area (Å²) in [5, 5.41) is 3.71. The summed E-state index contributed by atoms with van der Waals surface area (Å²) in [4.78, 5) is 2.68. The Kier molecular flexibility index (Phi) is 5.45. The second-order valence-corrected chi connectivity index (χ2v) is 7.11. The standard InChI is InChI=1S/C19H32N2/c1-6-18-13-21(19(5,7-2)14-20-18)12-16-8-10-17(11-9-16)15(3)4/h8-11,15,18,20H,6-7,12-14H2,1-5H3. The fourth-order valence-electron chi connectivity index (χ4n) is 3.13. The van der Waals surface area contributed by atoms with Crippen molar-refractivity contribution in [3.63, 3.8) is 0 Å². The van der Waals surface area contributed by atoms with E-state index in [-0.39, 0.29) is 5.54 Å². The molecule has 1 saturated heterocycles. The van der Waals surface area contributed by atoms with E-state index in [2.05, 4.69) is 69.1 Å². The van der Waals surface area contributed by atoms with Crippen LogP contribution in [0, 0.1) is 0 Å². The second-order valence-electron chi connectivity index (χ2n) is 7.11. The second kappa shape index (κ2) is 6.93. The van der Waals surface area contributed by atoms with Gasteiger partial charge < -0.3 is 5.32 Å². The third kappa shape index (κ3) is 3.87. The molecule has 2 unspecified atom stereocenters. The first-order valence-electron chi connectivity index (χ1n) is 8.55. The summed E-state index contributed by atoms with van der Waals surface area (Å²) in [5.41, 5.74) is 3.15. The molecular formula is C19H32N2. The largest absolute Gasteiger partial charge is 0.311 e. The van der Waals surface area contributed by atoms with E-state index in [1.54, 1.807) is 0 Å². The van der Waals surface area contributed by atoms with Crippen LogP contribution in [0.25, 0.3) is 0 Å². The van der Waals surface area contributed by atoms with E-state index < -0.39 is 0 Å². The topological polar surface area (TPSA) is 15.3 Å². The van der Waals surface area contributed by atoms with Crippen LogP contribution in [0.5, 0.6) is 0 Å². The molecule has 1 heterocycles. The van der Waals surface area contributed by atoms with Crippen molar-refractivity contribution in [2.45, 2.75) is 71.5 Å². The molecule has 0 aliphatic carbocycles. The molecule has 1 aromatic carbocycles. The van der Waals surface area contributed by atoms with Crippen molar-refractivity contribution in [2.24, 2.45) is 0 Å². The molecule has 0 radical (unpaired) electrons. The van der Waals surface area contributed by atoms with Gasteiger partial charge in [-0.3, -0.25) is 4.90 Å². The van der Waals surface area contributed by atoms with Gasteiger partial charge >= 0.3 is 0 Å². The van der Waals surface area contributed by atoms with E-state index in [0.29, 0.717) is 12.0 Å². The molecule has 0 spiro atoms. The van der Waals surface area contributed by atoms with Crippen LogP contribution < -0.4 is 5.32 Å². The van der Waals surface area contributed by atoms with Crippen molar-refractivity contribution in [1.29, 1.82) is 0 Å². The van der Waals surface area contributed by atoms with Crippen molar-refractivity contribution < 1.29 is 0 Å². The average molecular weight is 288 g/mol. The normalized spacial score (nSPS) is 27.2. The molecule has 21 heavy (non-hydrogen) atoms. The zero-order chi connectivity index (χ0) is 15.5. The van der Waals surface area contributed by atoms with Gasteiger partial charge in [0.15, 0.2) is 0 Å². The van der Waals surface area contributed by atoms with Crippen molar-refractivity contribution in [3.05, 3.63) is 35.4 Å². The zero-order valence-electron chi connectivity index (χ0n) is 14.4. The Morgan fingerprint density at radius 2 is 1.90 bits per heavy atom. The smallest absolute Gasteiger partial charge is 0.0307 e. The average Bonchev–Trinajstić information content (AvgIpc) is 2.50. The fraction of sp³-hybridized carbons (Fsp3) is 0.684. The molecule has 2 rings (SSSR count). The Morgan fingerprint density at radius 3 is 2.43 bits per heavy atom. The van der Waals surface area contributed by atoms with E-state index in [4.69, 9.17) is 0 Å². The Hall–Kier alpha value is -0.860. The van der Waals surface area contributed by atoms with Crippen LogP contribution in [-0.4, -0.2) is 29.6 Å². The van der Waals surface area contributed by atoms with Crippen molar-refractivity contribution in [3.8, 4) is 0 Å². The molecule has 0 aromatic heterocycles. The van der Waals surface area contributed by atoms with Crippen molar-refractivity contribution in [1.82, 2.24) is 10.2 Å². The maximum atomic E-state index is 3.71. The molecule has 0 saturated carbocycles. The minimum absolute atomic E-state index is 0.280. The lowest BCUT2D eigenvalue weighted by Crippen LogP contribution is -2.62. The van der Waals surface area contributed by atoms with Gasteiger partial charge in [-0.1, -0.05) is 52.0 Å². The van der Waals surface area contributed by atoms with Gasteiger partial charge in [0.2, 0.25) is 0 Å². The maximum absolute atomic E-state index is 3.71. The first-order valence-corrected chi connectivity index (χ1v) is 8.55. The number of piperazine rings is 1. The van der Waals surface area contributed by atoms with Crippen LogP contribution >= 0.6 is 0 Å². The summed E-state index contributed by atoms with van der Waals surface area (Å²) < 4.78 is 0. The molecule has 1 aliphatic heterocycles. The summed E-state index contributed by atoms with van der Waals surface area (Å²) in [7, 11) is 0. The summed E-state index contributed by atoms with van der Waals surface area (Å²) in [6.07, 6.45) is 2.41. The third-order valence-electron chi connectivity index (χ3n) is 5.25. The molecule has 1 aliphatic rings. The first kappa shape index (κ1) is 16.5. The van der Waals surface area contributed by atoms with Crippen LogP contribution in [0.2, 0.25) is 0 Å². The molecule has 118 valence electrons. The number of rotatable bonds is 5. The van der Waals surface area contributed by atoms with Gasteiger partial charge in [-0.05, 0) is 36.8 Å². The number of nitrogens with zero attached hydrogens (tertiary/aromatic N) is 1. The van der Waals surface area contributed by atoms with Crippen LogP contribution in [-0.2, 0) is 6.54 Å². The highest BCUT2D eigenvalue weighted by atomic mass is 15.3. The molecule has 1 aromatic rings. The highest BCUT2D eigenvalue weighted by Crippen LogP contribution is 2.26. The Balaban J connectivity index is 2.10. The molecule has 2 nitrogen and oxygen atoms in total. The predicted octanol–water partition coefficient (Wildman–Crippen LogP) is 4.16. The summed E-state index contributed by atoms with van der Waals surface area (Å²) >= 11 is 0. The van der Waals surface area contributed by atoms with Gasteiger partial charge in [-0.2, -0.15) is 0 Å². The minimum Gasteiger partial charge on any atom is -0.311 e. The molecule has 2 atom stereocenters. The maximum Gasteiger partial charge on any atom is 0.0307 e. The highest BCUT2D eigenvalue weighted by molar-refractivity contribution is 5.25. The fourth-order valence-corrected chi connectivity index (χ4v) is 3.13. The van der Waals surface area contributed by atoms with E-state index in [0.717, 1.165) is 19.6 Å². The molecular weight excluding hydrogens is 256 g/mol. The van der Waals surface area contributed by atoms with Crippen molar-refractivity contribution in [2.75, 3.05) is 13.1 Å². The lowest BCUT2D eigenvalue weighted by atomic mass is 9.90. The lowest BCUT2D eigenvalue weighted by Gasteiger charge is -2.48. The third-order valence-corrected chi connectivity index (χ3v) is 5.25. The first-order chi connectivity index (χ1) is 9.98. The highest BCUT2D eigenvalue weighted by Gasteiger charge is 2.35. The molecule has 1 fully saturated rings. The minimum atomic E-state index is 0.280. The van der Waals surface area contributed by atoms with Gasteiger partial charge in [0, 0.05) is 31.2 Å². The van der Waals surface area contributed by atoms with Crippen LogP contribution in [0.15, 0.2) is 24.3 Å². The zero-order valence-corrected chi connectivity index (χ0v) is 14.4. The lowest BCUT2D eigenvalue weighted by molar-refractivity contribution is 0.0408. The summed E-state index contributed by atoms with van der Waals surface area (Å²) in [6.45, 7) is 14.8. The Bertz CT molecular complexity index is 437. The number of hydrogen-bond donors (Lipinski definition) is 1. The van der Waals surface area contributed by atoms with E-state index in [9.17, 15) is 0 Å². The van der Waals surface area contributed by atoms with Crippen LogP contribution in [0.4, 0.5) is 0 Å². The van der Waals surface area contributed by atoms with Gasteiger partial charge in [-0.15, -0.1) is 0 Å². The summed E-state index contributed by atoms with van der Waals surface area (Å²) in [5.74, 6) is 0.614. The van der Waals surface area contributed by atoms with E-state index in [1.165, 1.54) is 24.0 Å². The van der Waals surface area contributed by atoms with Crippen LogP contribution in [0.1, 0.15) is 64.5 Å². The number of nitrogens with one attached hydrogen (secondary N) is 1. The van der Waals surface area contributed by atoms with Gasteiger partial charge in [-0.25, -0.2) is 0 Å². The monoisotopic (exact) mass is 288 g/mol. The quantitative estimate of drug-likeness (QED) is 0.875. The van der Waals surface area contributed by atoms with E-state index >= 15 is 0 Å². The number of hydrogen-bond acceptors (Lipinski definition) is 2. The predicted molar refractivity (Wildman–Crippen MR) is 91.7 cm³/mol. The van der Waals surface area contributed by atoms with Gasteiger partial charge in [0.05, 0.1) is 0 Å². The van der Waals surface area contributed by atoms with Gasteiger partial charge in [0.1, 0.15) is 0 Å². The Morgan fingerprint density at radius 1 is 1.24 bits per heavy atom. The molecule has 2 heteroatoms.